The summed E-state index contributed by atoms with van der Waals surface area (Å²) in [5.74, 6) is -0.0610. The van der Waals surface area contributed by atoms with Crippen LogP contribution in [0.3, 0.4) is 0 Å². The molecule has 1 amide bonds. The maximum absolute atomic E-state index is 13.0. The topological polar surface area (TPSA) is 20.3 Å². The lowest BCUT2D eigenvalue weighted by molar-refractivity contribution is -0.113. The van der Waals surface area contributed by atoms with E-state index in [2.05, 4.69) is 30.3 Å². The Balaban J connectivity index is 1.60. The van der Waals surface area contributed by atoms with Gasteiger partial charge in [0.05, 0.1) is 10.6 Å². The average molecular weight is 402 g/mol. The number of rotatable bonds is 3. The molecule has 0 atom stereocenters. The van der Waals surface area contributed by atoms with E-state index in [-0.39, 0.29) is 5.91 Å². The molecule has 0 bridgehead atoms. The van der Waals surface area contributed by atoms with E-state index in [0.29, 0.717) is 9.23 Å². The summed E-state index contributed by atoms with van der Waals surface area (Å²) in [6.07, 6.45) is 1.91. The summed E-state index contributed by atoms with van der Waals surface area (Å²) < 4.78 is 0.573. The normalized spacial score (nSPS) is 15.5. The molecule has 1 aliphatic heterocycles. The first kappa shape index (κ1) is 18.7. The van der Waals surface area contributed by atoms with Crippen LogP contribution < -0.4 is 4.90 Å². The molecule has 0 spiro atoms. The van der Waals surface area contributed by atoms with Crippen molar-refractivity contribution in [3.8, 4) is 11.1 Å². The van der Waals surface area contributed by atoms with Crippen molar-refractivity contribution in [2.45, 2.75) is 13.8 Å². The number of nitrogens with zero attached hydrogens (tertiary/aromatic N) is 1. The third kappa shape index (κ3) is 3.66. The third-order valence-electron chi connectivity index (χ3n) is 4.70. The van der Waals surface area contributed by atoms with Crippen molar-refractivity contribution in [2.75, 3.05) is 4.90 Å². The van der Waals surface area contributed by atoms with Crippen molar-refractivity contribution in [3.05, 3.63) is 94.4 Å². The smallest absolute Gasteiger partial charge is 0.268 e. The summed E-state index contributed by atoms with van der Waals surface area (Å²) >= 11 is 6.85. The summed E-state index contributed by atoms with van der Waals surface area (Å²) in [6, 6.07) is 24.5. The standard InChI is InChI=1S/C24H19NOS2/c1-16-8-13-21(17(2)14-16)25-23(26)22(28-24(25)27)15-18-9-11-20(12-10-18)19-6-4-3-5-7-19/h3-15H,1-2H3/b22-15+. The van der Waals surface area contributed by atoms with Gasteiger partial charge >= 0.3 is 0 Å². The molecule has 3 aromatic rings. The lowest BCUT2D eigenvalue weighted by Crippen LogP contribution is -2.28. The van der Waals surface area contributed by atoms with Gasteiger partial charge in [-0.05, 0) is 48.2 Å². The fraction of sp³-hybridized carbons (Fsp3) is 0.0833. The van der Waals surface area contributed by atoms with Crippen molar-refractivity contribution in [1.82, 2.24) is 0 Å². The molecule has 1 aliphatic rings. The molecule has 138 valence electrons. The van der Waals surface area contributed by atoms with E-state index in [9.17, 15) is 4.79 Å². The minimum Gasteiger partial charge on any atom is -0.268 e. The highest BCUT2D eigenvalue weighted by Crippen LogP contribution is 2.37. The van der Waals surface area contributed by atoms with Gasteiger partial charge in [-0.15, -0.1) is 0 Å². The van der Waals surface area contributed by atoms with Crippen LogP contribution in [0.4, 0.5) is 5.69 Å². The Morgan fingerprint density at radius 3 is 2.25 bits per heavy atom. The zero-order valence-corrected chi connectivity index (χ0v) is 17.3. The van der Waals surface area contributed by atoms with Crippen LogP contribution in [-0.2, 0) is 4.79 Å². The highest BCUT2D eigenvalue weighted by Gasteiger charge is 2.33. The molecule has 0 saturated carbocycles. The Bertz CT molecular complexity index is 1090. The SMILES string of the molecule is Cc1ccc(N2C(=O)/C(=C\c3ccc(-c4ccccc4)cc3)SC2=S)c(C)c1. The van der Waals surface area contributed by atoms with Gasteiger partial charge in [0.2, 0.25) is 0 Å². The quantitative estimate of drug-likeness (QED) is 0.375. The van der Waals surface area contributed by atoms with Gasteiger partial charge in [0.25, 0.3) is 5.91 Å². The van der Waals surface area contributed by atoms with E-state index in [1.165, 1.54) is 22.9 Å². The second-order valence-electron chi connectivity index (χ2n) is 6.80. The zero-order chi connectivity index (χ0) is 19.7. The first-order valence-electron chi connectivity index (χ1n) is 9.03. The number of carbonyl (C=O) groups excluding carboxylic acids is 1. The van der Waals surface area contributed by atoms with Gasteiger partial charge < -0.3 is 0 Å². The van der Waals surface area contributed by atoms with E-state index in [1.807, 2.05) is 62.4 Å². The number of benzene rings is 3. The zero-order valence-electron chi connectivity index (χ0n) is 15.7. The van der Waals surface area contributed by atoms with E-state index >= 15 is 0 Å². The molecule has 1 saturated heterocycles. The number of anilines is 1. The van der Waals surface area contributed by atoms with E-state index in [1.54, 1.807) is 4.90 Å². The number of hydrogen-bond donors (Lipinski definition) is 0. The van der Waals surface area contributed by atoms with Crippen LogP contribution in [0, 0.1) is 13.8 Å². The van der Waals surface area contributed by atoms with Crippen LogP contribution in [0.2, 0.25) is 0 Å². The molecule has 0 aliphatic carbocycles. The monoisotopic (exact) mass is 401 g/mol. The fourth-order valence-electron chi connectivity index (χ4n) is 3.29. The Morgan fingerprint density at radius 2 is 1.57 bits per heavy atom. The molecule has 1 fully saturated rings. The average Bonchev–Trinajstić information content (AvgIpc) is 2.97. The molecule has 3 aromatic carbocycles. The molecular weight excluding hydrogens is 382 g/mol. The number of amides is 1. The Morgan fingerprint density at radius 1 is 0.893 bits per heavy atom. The van der Waals surface area contributed by atoms with Crippen molar-refractivity contribution in [1.29, 1.82) is 0 Å². The largest absolute Gasteiger partial charge is 0.270 e. The minimum atomic E-state index is -0.0610. The maximum Gasteiger partial charge on any atom is 0.270 e. The number of thioether (sulfide) groups is 1. The molecular formula is C24H19NOS2. The molecule has 0 aromatic heterocycles. The van der Waals surface area contributed by atoms with Gasteiger partial charge in [0, 0.05) is 0 Å². The Labute approximate surface area is 174 Å². The summed E-state index contributed by atoms with van der Waals surface area (Å²) in [7, 11) is 0. The predicted molar refractivity (Wildman–Crippen MR) is 123 cm³/mol. The molecule has 0 N–H and O–H groups in total. The number of aryl methyl sites for hydroxylation is 2. The second kappa shape index (κ2) is 7.74. The van der Waals surface area contributed by atoms with E-state index in [4.69, 9.17) is 12.2 Å². The van der Waals surface area contributed by atoms with E-state index < -0.39 is 0 Å². The Hall–Kier alpha value is -2.69. The van der Waals surface area contributed by atoms with Gasteiger partial charge in [-0.3, -0.25) is 9.69 Å². The van der Waals surface area contributed by atoms with Crippen LogP contribution >= 0.6 is 24.0 Å². The van der Waals surface area contributed by atoms with Gasteiger partial charge in [-0.25, -0.2) is 0 Å². The molecule has 4 heteroatoms. The summed E-state index contributed by atoms with van der Waals surface area (Å²) in [6.45, 7) is 4.05. The van der Waals surface area contributed by atoms with Crippen LogP contribution in [0.5, 0.6) is 0 Å². The number of carbonyl (C=O) groups is 1. The van der Waals surface area contributed by atoms with Crippen LogP contribution in [-0.4, -0.2) is 10.2 Å². The third-order valence-corrected chi connectivity index (χ3v) is 6.00. The highest BCUT2D eigenvalue weighted by atomic mass is 32.2. The lowest BCUT2D eigenvalue weighted by Gasteiger charge is -2.17. The number of hydrogen-bond acceptors (Lipinski definition) is 3. The first-order chi connectivity index (χ1) is 13.5. The van der Waals surface area contributed by atoms with Gasteiger partial charge in [0.15, 0.2) is 4.32 Å². The van der Waals surface area contributed by atoms with Gasteiger partial charge in [-0.2, -0.15) is 0 Å². The molecule has 28 heavy (non-hydrogen) atoms. The summed E-state index contributed by atoms with van der Waals surface area (Å²) in [4.78, 5) is 15.3. The highest BCUT2D eigenvalue weighted by molar-refractivity contribution is 8.27. The lowest BCUT2D eigenvalue weighted by atomic mass is 10.0. The van der Waals surface area contributed by atoms with Crippen molar-refractivity contribution in [2.24, 2.45) is 0 Å². The minimum absolute atomic E-state index is 0.0610. The van der Waals surface area contributed by atoms with Crippen LogP contribution in [0.1, 0.15) is 16.7 Å². The number of thiocarbonyl (C=S) groups is 1. The predicted octanol–water partition coefficient (Wildman–Crippen LogP) is 6.38. The Kier molecular flexibility index (Phi) is 5.16. The molecule has 1 heterocycles. The maximum atomic E-state index is 13.0. The van der Waals surface area contributed by atoms with Crippen LogP contribution in [0.15, 0.2) is 77.7 Å². The van der Waals surface area contributed by atoms with Crippen LogP contribution in [0.25, 0.3) is 17.2 Å². The van der Waals surface area contributed by atoms with Crippen molar-refractivity contribution >= 4 is 46.0 Å². The second-order valence-corrected chi connectivity index (χ2v) is 8.47. The van der Waals surface area contributed by atoms with Crippen molar-refractivity contribution < 1.29 is 4.79 Å². The molecule has 4 rings (SSSR count). The summed E-state index contributed by atoms with van der Waals surface area (Å²) in [5, 5.41) is 0. The molecule has 2 nitrogen and oxygen atoms in total. The van der Waals surface area contributed by atoms with Crippen molar-refractivity contribution in [3.63, 3.8) is 0 Å². The molecule has 0 unspecified atom stereocenters. The fourth-order valence-corrected chi connectivity index (χ4v) is 4.57. The van der Waals surface area contributed by atoms with Gasteiger partial charge in [-0.1, -0.05) is 96.3 Å². The first-order valence-corrected chi connectivity index (χ1v) is 10.3. The van der Waals surface area contributed by atoms with E-state index in [0.717, 1.165) is 22.4 Å². The molecule has 0 radical (unpaired) electrons. The summed E-state index contributed by atoms with van der Waals surface area (Å²) in [5.41, 5.74) is 6.39. The van der Waals surface area contributed by atoms with Gasteiger partial charge in [0.1, 0.15) is 0 Å².